The van der Waals surface area contributed by atoms with Gasteiger partial charge in [-0.2, -0.15) is 0 Å². The first-order valence-corrected chi connectivity index (χ1v) is 3.08. The van der Waals surface area contributed by atoms with Crippen LogP contribution in [0.1, 0.15) is 12.8 Å². The van der Waals surface area contributed by atoms with Crippen molar-refractivity contribution >= 4 is 12.4 Å². The second-order valence-electron chi connectivity index (χ2n) is 2.25. The molecule has 1 N–H and O–H groups in total. The number of halogens is 1. The Morgan fingerprint density at radius 1 is 1.44 bits per heavy atom. The molecule has 0 radical (unpaired) electrons. The van der Waals surface area contributed by atoms with E-state index in [2.05, 4.69) is 5.32 Å². The van der Waals surface area contributed by atoms with Crippen molar-refractivity contribution in [2.45, 2.75) is 25.0 Å². The van der Waals surface area contributed by atoms with Gasteiger partial charge in [-0.05, 0) is 19.9 Å². The Bertz CT molecular complexity index is 65.5. The van der Waals surface area contributed by atoms with Gasteiger partial charge in [0.05, 0.1) is 6.10 Å². The molecule has 2 atom stereocenters. The van der Waals surface area contributed by atoms with E-state index in [4.69, 9.17) is 4.74 Å². The van der Waals surface area contributed by atoms with Gasteiger partial charge in [0.1, 0.15) is 0 Å². The highest BCUT2D eigenvalue weighted by molar-refractivity contribution is 5.85. The van der Waals surface area contributed by atoms with E-state index >= 15 is 0 Å². The van der Waals surface area contributed by atoms with Crippen molar-refractivity contribution in [1.29, 1.82) is 0 Å². The van der Waals surface area contributed by atoms with Crippen molar-refractivity contribution in [1.82, 2.24) is 5.32 Å². The molecule has 1 rings (SSSR count). The molecule has 1 aliphatic carbocycles. The fourth-order valence-electron chi connectivity index (χ4n) is 1.08. The first-order chi connectivity index (χ1) is 3.88. The van der Waals surface area contributed by atoms with Gasteiger partial charge >= 0.3 is 0 Å². The number of hydrogen-bond acceptors (Lipinski definition) is 2. The second-order valence-corrected chi connectivity index (χ2v) is 2.25. The van der Waals surface area contributed by atoms with Gasteiger partial charge in [0.25, 0.3) is 0 Å². The highest BCUT2D eigenvalue weighted by Gasteiger charge is 2.28. The Hall–Kier alpha value is 0.210. The molecule has 0 aliphatic heterocycles. The van der Waals surface area contributed by atoms with Crippen LogP contribution in [0.4, 0.5) is 0 Å². The van der Waals surface area contributed by atoms with Crippen LogP contribution in [-0.4, -0.2) is 26.3 Å². The zero-order valence-corrected chi connectivity index (χ0v) is 6.70. The van der Waals surface area contributed by atoms with Crippen molar-refractivity contribution in [2.75, 3.05) is 14.2 Å². The highest BCUT2D eigenvalue weighted by Crippen LogP contribution is 2.21. The molecule has 9 heavy (non-hydrogen) atoms. The van der Waals surface area contributed by atoms with Crippen LogP contribution in [0.3, 0.4) is 0 Å². The van der Waals surface area contributed by atoms with Gasteiger partial charge in [0, 0.05) is 13.2 Å². The minimum absolute atomic E-state index is 0. The molecule has 56 valence electrons. The zero-order chi connectivity index (χ0) is 5.98. The molecule has 0 heterocycles. The molecule has 0 amide bonds. The predicted molar refractivity (Wildman–Crippen MR) is 40.1 cm³/mol. The Morgan fingerprint density at radius 2 is 2.11 bits per heavy atom. The van der Waals surface area contributed by atoms with Gasteiger partial charge in [-0.15, -0.1) is 12.4 Å². The lowest BCUT2D eigenvalue weighted by Crippen LogP contribution is -2.47. The van der Waals surface area contributed by atoms with E-state index in [0.29, 0.717) is 12.1 Å². The molecule has 0 unspecified atom stereocenters. The Morgan fingerprint density at radius 3 is 2.22 bits per heavy atom. The van der Waals surface area contributed by atoms with Crippen LogP contribution in [0.2, 0.25) is 0 Å². The van der Waals surface area contributed by atoms with Crippen LogP contribution < -0.4 is 5.32 Å². The number of nitrogens with one attached hydrogen (secondary N) is 1. The van der Waals surface area contributed by atoms with Crippen LogP contribution in [0, 0.1) is 0 Å². The van der Waals surface area contributed by atoms with Crippen molar-refractivity contribution in [3.05, 3.63) is 0 Å². The quantitative estimate of drug-likeness (QED) is 0.631. The van der Waals surface area contributed by atoms with Gasteiger partial charge in [-0.1, -0.05) is 0 Å². The van der Waals surface area contributed by atoms with E-state index in [9.17, 15) is 0 Å². The van der Waals surface area contributed by atoms with Crippen LogP contribution in [0.25, 0.3) is 0 Å². The smallest absolute Gasteiger partial charge is 0.0724 e. The second kappa shape index (κ2) is 4.09. The van der Waals surface area contributed by atoms with E-state index in [1.165, 1.54) is 12.8 Å². The van der Waals surface area contributed by atoms with Gasteiger partial charge in [0.2, 0.25) is 0 Å². The van der Waals surface area contributed by atoms with Crippen molar-refractivity contribution < 1.29 is 4.74 Å². The third-order valence-corrected chi connectivity index (χ3v) is 1.88. The molecular formula is C6H14ClNO. The van der Waals surface area contributed by atoms with Gasteiger partial charge in [0.15, 0.2) is 0 Å². The van der Waals surface area contributed by atoms with Crippen molar-refractivity contribution in [2.24, 2.45) is 0 Å². The monoisotopic (exact) mass is 151 g/mol. The zero-order valence-electron chi connectivity index (χ0n) is 5.89. The standard InChI is InChI=1S/C6H13NO.ClH/c1-7-5-3-4-6(5)8-2;/h5-7H,3-4H2,1-2H3;1H/t5-,6+;/m0./s1. The third-order valence-electron chi connectivity index (χ3n) is 1.88. The molecule has 2 nitrogen and oxygen atoms in total. The van der Waals surface area contributed by atoms with Crippen LogP contribution in [-0.2, 0) is 4.74 Å². The third kappa shape index (κ3) is 1.81. The summed E-state index contributed by atoms with van der Waals surface area (Å²) in [5, 5.41) is 3.18. The molecule has 1 fully saturated rings. The lowest BCUT2D eigenvalue weighted by molar-refractivity contribution is 0.00957. The molecular weight excluding hydrogens is 138 g/mol. The maximum atomic E-state index is 5.13. The Balaban J connectivity index is 0.000000640. The fourth-order valence-corrected chi connectivity index (χ4v) is 1.08. The highest BCUT2D eigenvalue weighted by atomic mass is 35.5. The molecule has 3 heteroatoms. The topological polar surface area (TPSA) is 21.3 Å². The average Bonchev–Trinajstić information content (AvgIpc) is 1.66. The van der Waals surface area contributed by atoms with Crippen LogP contribution >= 0.6 is 12.4 Å². The van der Waals surface area contributed by atoms with Crippen molar-refractivity contribution in [3.63, 3.8) is 0 Å². The van der Waals surface area contributed by atoms with Crippen LogP contribution in [0.5, 0.6) is 0 Å². The molecule has 1 saturated carbocycles. The molecule has 0 bridgehead atoms. The van der Waals surface area contributed by atoms with Crippen molar-refractivity contribution in [3.8, 4) is 0 Å². The minimum atomic E-state index is 0. The summed E-state index contributed by atoms with van der Waals surface area (Å²) in [4.78, 5) is 0. The first-order valence-electron chi connectivity index (χ1n) is 3.08. The Labute approximate surface area is 62.4 Å². The number of likely N-dealkylation sites (N-methyl/N-ethyl adjacent to an activating group) is 1. The molecule has 0 aromatic carbocycles. The summed E-state index contributed by atoms with van der Waals surface area (Å²) in [5.41, 5.74) is 0. The van der Waals surface area contributed by atoms with Gasteiger partial charge in [-0.3, -0.25) is 0 Å². The predicted octanol–water partition coefficient (Wildman–Crippen LogP) is 0.805. The number of ether oxygens (including phenoxy) is 1. The van der Waals surface area contributed by atoms with Gasteiger partial charge in [-0.25, -0.2) is 0 Å². The molecule has 0 spiro atoms. The molecule has 0 aromatic rings. The summed E-state index contributed by atoms with van der Waals surface area (Å²) in [7, 11) is 3.75. The molecule has 0 aromatic heterocycles. The maximum Gasteiger partial charge on any atom is 0.0724 e. The average molecular weight is 152 g/mol. The van der Waals surface area contributed by atoms with E-state index in [-0.39, 0.29) is 12.4 Å². The fraction of sp³-hybridized carbons (Fsp3) is 1.00. The largest absolute Gasteiger partial charge is 0.380 e. The summed E-state index contributed by atoms with van der Waals surface area (Å²) < 4.78 is 5.13. The van der Waals surface area contributed by atoms with Gasteiger partial charge < -0.3 is 10.1 Å². The molecule has 1 aliphatic rings. The number of rotatable bonds is 2. The normalized spacial score (nSPS) is 32.7. The SMILES string of the molecule is CN[C@H]1CC[C@H]1OC.Cl. The lowest BCUT2D eigenvalue weighted by atomic mass is 9.89. The molecule has 0 saturated heterocycles. The maximum absolute atomic E-state index is 5.13. The van der Waals surface area contributed by atoms with E-state index in [1.807, 2.05) is 7.05 Å². The number of hydrogen-bond donors (Lipinski definition) is 1. The minimum Gasteiger partial charge on any atom is -0.380 e. The Kier molecular flexibility index (Phi) is 4.19. The van der Waals surface area contributed by atoms with Crippen LogP contribution in [0.15, 0.2) is 0 Å². The lowest BCUT2D eigenvalue weighted by Gasteiger charge is -2.34. The summed E-state index contributed by atoms with van der Waals surface area (Å²) >= 11 is 0. The van der Waals surface area contributed by atoms with E-state index in [0.717, 1.165) is 0 Å². The van der Waals surface area contributed by atoms with E-state index < -0.39 is 0 Å². The summed E-state index contributed by atoms with van der Waals surface area (Å²) in [6.07, 6.45) is 2.98. The van der Waals surface area contributed by atoms with E-state index in [1.54, 1.807) is 7.11 Å². The first kappa shape index (κ1) is 9.21. The summed E-state index contributed by atoms with van der Waals surface area (Å²) in [5.74, 6) is 0. The summed E-state index contributed by atoms with van der Waals surface area (Å²) in [6, 6.07) is 0.625. The number of methoxy groups -OCH3 is 1. The summed E-state index contributed by atoms with van der Waals surface area (Å²) in [6.45, 7) is 0.